The second kappa shape index (κ2) is 7.96. The number of rotatable bonds is 5. The van der Waals surface area contributed by atoms with Crippen LogP contribution in [-0.2, 0) is 9.53 Å². The van der Waals surface area contributed by atoms with Crippen LogP contribution in [0.25, 0.3) is 0 Å². The van der Waals surface area contributed by atoms with Gasteiger partial charge >= 0.3 is 5.97 Å². The first-order valence-electron chi connectivity index (χ1n) is 8.20. The Hall–Kier alpha value is -2.64. The monoisotopic (exact) mass is 349 g/mol. The molecule has 8 heteroatoms. The fraction of sp³-hybridized carbons (Fsp3) is 0.529. The topological polar surface area (TPSA) is 93.0 Å². The van der Waals surface area contributed by atoms with E-state index in [1.165, 1.54) is 18.2 Å². The maximum absolute atomic E-state index is 12.1. The van der Waals surface area contributed by atoms with Gasteiger partial charge in [0, 0.05) is 33.3 Å². The van der Waals surface area contributed by atoms with Crippen molar-refractivity contribution >= 4 is 23.3 Å². The fourth-order valence-corrected chi connectivity index (χ4v) is 2.73. The van der Waals surface area contributed by atoms with Gasteiger partial charge in [-0.15, -0.1) is 0 Å². The van der Waals surface area contributed by atoms with Gasteiger partial charge in [-0.05, 0) is 30.9 Å². The normalized spacial score (nSPS) is 14.9. The lowest BCUT2D eigenvalue weighted by Crippen LogP contribution is -2.40. The van der Waals surface area contributed by atoms with Gasteiger partial charge < -0.3 is 14.5 Å². The highest BCUT2D eigenvalue weighted by Gasteiger charge is 2.23. The number of piperidine rings is 1. The van der Waals surface area contributed by atoms with Crippen LogP contribution in [-0.4, -0.2) is 55.5 Å². The molecule has 0 aromatic heterocycles. The van der Waals surface area contributed by atoms with E-state index in [1.807, 2.05) is 0 Å². The average Bonchev–Trinajstić information content (AvgIpc) is 2.59. The van der Waals surface area contributed by atoms with E-state index in [2.05, 4.69) is 6.92 Å². The highest BCUT2D eigenvalue weighted by molar-refractivity contribution is 5.93. The maximum Gasteiger partial charge on any atom is 0.338 e. The lowest BCUT2D eigenvalue weighted by molar-refractivity contribution is -0.384. The largest absolute Gasteiger partial charge is 0.452 e. The first-order chi connectivity index (χ1) is 11.8. The summed E-state index contributed by atoms with van der Waals surface area (Å²) in [6.07, 6.45) is 1.88. The number of likely N-dealkylation sites (tertiary alicyclic amines) is 1. The summed E-state index contributed by atoms with van der Waals surface area (Å²) in [5, 5.41) is 11.2. The first-order valence-corrected chi connectivity index (χ1v) is 8.20. The second-order valence-electron chi connectivity index (χ2n) is 6.49. The molecule has 1 amide bonds. The number of ether oxygens (including phenoxy) is 1. The summed E-state index contributed by atoms with van der Waals surface area (Å²) in [4.78, 5) is 38.1. The SMILES string of the molecule is CC1CCN(C(=O)COC(=O)c2ccc(N(C)C)c([N+](=O)[O-])c2)CC1. The van der Waals surface area contributed by atoms with E-state index in [9.17, 15) is 19.7 Å². The minimum atomic E-state index is -0.743. The summed E-state index contributed by atoms with van der Waals surface area (Å²) in [5.41, 5.74) is 0.258. The Morgan fingerprint density at radius 2 is 1.96 bits per heavy atom. The number of benzene rings is 1. The summed E-state index contributed by atoms with van der Waals surface area (Å²) in [6.45, 7) is 3.13. The third kappa shape index (κ3) is 4.68. The molecule has 1 aliphatic rings. The van der Waals surface area contributed by atoms with Gasteiger partial charge in [-0.25, -0.2) is 4.79 Å². The molecule has 0 N–H and O–H groups in total. The van der Waals surface area contributed by atoms with Gasteiger partial charge in [-0.3, -0.25) is 14.9 Å². The van der Waals surface area contributed by atoms with E-state index < -0.39 is 10.9 Å². The molecule has 0 bridgehead atoms. The van der Waals surface area contributed by atoms with Gasteiger partial charge in [0.1, 0.15) is 5.69 Å². The van der Waals surface area contributed by atoms with Crippen LogP contribution < -0.4 is 4.90 Å². The third-order valence-electron chi connectivity index (χ3n) is 4.35. The van der Waals surface area contributed by atoms with Crippen LogP contribution in [0, 0.1) is 16.0 Å². The molecule has 8 nitrogen and oxygen atoms in total. The zero-order chi connectivity index (χ0) is 18.6. The number of amides is 1. The Bertz CT molecular complexity index is 666. The number of esters is 1. The van der Waals surface area contributed by atoms with Crippen molar-refractivity contribution in [3.63, 3.8) is 0 Å². The molecule has 1 fully saturated rings. The lowest BCUT2D eigenvalue weighted by atomic mass is 9.99. The van der Waals surface area contributed by atoms with Gasteiger partial charge in [0.25, 0.3) is 11.6 Å². The summed E-state index contributed by atoms with van der Waals surface area (Å²) >= 11 is 0. The Kier molecular flexibility index (Phi) is 5.95. The van der Waals surface area contributed by atoms with Crippen LogP contribution in [0.4, 0.5) is 11.4 Å². The van der Waals surface area contributed by atoms with Gasteiger partial charge in [-0.1, -0.05) is 6.92 Å². The lowest BCUT2D eigenvalue weighted by Gasteiger charge is -2.30. The predicted octanol–water partition coefficient (Wildman–Crippen LogP) is 2.08. The molecule has 0 unspecified atom stereocenters. The smallest absolute Gasteiger partial charge is 0.338 e. The standard InChI is InChI=1S/C17H23N3O5/c1-12-6-8-19(9-7-12)16(21)11-25-17(22)13-4-5-14(18(2)3)15(10-13)20(23)24/h4-5,10,12H,6-9,11H2,1-3H3. The molecular weight excluding hydrogens is 326 g/mol. The maximum atomic E-state index is 12.1. The van der Waals surface area contributed by atoms with Crippen molar-refractivity contribution in [3.05, 3.63) is 33.9 Å². The van der Waals surface area contributed by atoms with E-state index in [-0.39, 0.29) is 23.8 Å². The molecule has 136 valence electrons. The minimum Gasteiger partial charge on any atom is -0.452 e. The van der Waals surface area contributed by atoms with Crippen molar-refractivity contribution in [3.8, 4) is 0 Å². The van der Waals surface area contributed by atoms with E-state index in [0.29, 0.717) is 24.7 Å². The molecule has 1 aromatic rings. The Morgan fingerprint density at radius 1 is 1.32 bits per heavy atom. The molecule has 0 atom stereocenters. The summed E-state index contributed by atoms with van der Waals surface area (Å²) in [7, 11) is 3.36. The summed E-state index contributed by atoms with van der Waals surface area (Å²) in [5.74, 6) is -0.380. The average molecular weight is 349 g/mol. The number of nitro groups is 1. The Balaban J connectivity index is 2.00. The van der Waals surface area contributed by atoms with Crippen LogP contribution >= 0.6 is 0 Å². The summed E-state index contributed by atoms with van der Waals surface area (Å²) < 4.78 is 5.04. The van der Waals surface area contributed by atoms with Crippen LogP contribution in [0.1, 0.15) is 30.1 Å². The molecule has 1 aromatic carbocycles. The highest BCUT2D eigenvalue weighted by Crippen LogP contribution is 2.28. The van der Waals surface area contributed by atoms with E-state index in [4.69, 9.17) is 4.74 Å². The van der Waals surface area contributed by atoms with E-state index in [0.717, 1.165) is 12.8 Å². The number of carbonyl (C=O) groups is 2. The molecule has 0 radical (unpaired) electrons. The van der Waals surface area contributed by atoms with Crippen molar-refractivity contribution in [2.75, 3.05) is 38.7 Å². The molecule has 1 aliphatic heterocycles. The van der Waals surface area contributed by atoms with Crippen LogP contribution in [0.5, 0.6) is 0 Å². The van der Waals surface area contributed by atoms with Gasteiger partial charge in [0.15, 0.2) is 6.61 Å². The van der Waals surface area contributed by atoms with Crippen LogP contribution in [0.2, 0.25) is 0 Å². The van der Waals surface area contributed by atoms with Crippen molar-refractivity contribution in [2.24, 2.45) is 5.92 Å². The third-order valence-corrected chi connectivity index (χ3v) is 4.35. The predicted molar refractivity (Wildman–Crippen MR) is 92.7 cm³/mol. The first kappa shape index (κ1) is 18.7. The van der Waals surface area contributed by atoms with Gasteiger partial charge in [-0.2, -0.15) is 0 Å². The van der Waals surface area contributed by atoms with E-state index >= 15 is 0 Å². The molecule has 0 spiro atoms. The van der Waals surface area contributed by atoms with Crippen molar-refractivity contribution in [1.82, 2.24) is 4.90 Å². The quantitative estimate of drug-likeness (QED) is 0.459. The van der Waals surface area contributed by atoms with Crippen LogP contribution in [0.3, 0.4) is 0 Å². The molecular formula is C17H23N3O5. The molecule has 1 heterocycles. The zero-order valence-corrected chi connectivity index (χ0v) is 14.7. The van der Waals surface area contributed by atoms with Gasteiger partial charge in [0.2, 0.25) is 0 Å². The number of hydrogen-bond acceptors (Lipinski definition) is 6. The molecule has 0 aliphatic carbocycles. The fourth-order valence-electron chi connectivity index (χ4n) is 2.73. The Morgan fingerprint density at radius 3 is 2.52 bits per heavy atom. The van der Waals surface area contributed by atoms with Crippen molar-refractivity contribution < 1.29 is 19.2 Å². The van der Waals surface area contributed by atoms with Crippen LogP contribution in [0.15, 0.2) is 18.2 Å². The summed E-state index contributed by atoms with van der Waals surface area (Å²) in [6, 6.07) is 4.12. The van der Waals surface area contributed by atoms with Crippen molar-refractivity contribution in [2.45, 2.75) is 19.8 Å². The molecule has 25 heavy (non-hydrogen) atoms. The number of nitrogens with zero attached hydrogens (tertiary/aromatic N) is 3. The number of hydrogen-bond donors (Lipinski definition) is 0. The Labute approximate surface area is 146 Å². The molecule has 2 rings (SSSR count). The zero-order valence-electron chi connectivity index (χ0n) is 14.7. The highest BCUT2D eigenvalue weighted by atomic mass is 16.6. The van der Waals surface area contributed by atoms with E-state index in [1.54, 1.807) is 23.9 Å². The van der Waals surface area contributed by atoms with Gasteiger partial charge in [0.05, 0.1) is 10.5 Å². The number of anilines is 1. The molecule has 0 saturated carbocycles. The minimum absolute atomic E-state index is 0.0531. The van der Waals surface area contributed by atoms with Crippen molar-refractivity contribution in [1.29, 1.82) is 0 Å². The second-order valence-corrected chi connectivity index (χ2v) is 6.49. The number of nitro benzene ring substituents is 1. The number of carbonyl (C=O) groups excluding carboxylic acids is 2. The molecule has 1 saturated heterocycles.